The van der Waals surface area contributed by atoms with E-state index in [1.807, 2.05) is 31.2 Å². The number of guanidine groups is 1. The highest BCUT2D eigenvalue weighted by molar-refractivity contribution is 5.79. The first kappa shape index (κ1) is 18.5. The van der Waals surface area contributed by atoms with Crippen molar-refractivity contribution in [3.8, 4) is 0 Å². The minimum atomic E-state index is 0.238. The maximum Gasteiger partial charge on any atom is 0.193 e. The Morgan fingerprint density at radius 2 is 2.23 bits per heavy atom. The predicted molar refractivity (Wildman–Crippen MR) is 90.8 cm³/mol. The second-order valence-electron chi connectivity index (χ2n) is 5.74. The van der Waals surface area contributed by atoms with Gasteiger partial charge >= 0.3 is 0 Å². The minimum Gasteiger partial charge on any atom is -0.396 e. The van der Waals surface area contributed by atoms with Crippen LogP contribution in [-0.2, 0) is 13.6 Å². The van der Waals surface area contributed by atoms with E-state index in [-0.39, 0.29) is 6.61 Å². The third-order valence-corrected chi connectivity index (χ3v) is 3.61. The lowest BCUT2D eigenvalue weighted by Gasteiger charge is -2.22. The third-order valence-electron chi connectivity index (χ3n) is 3.61. The monoisotopic (exact) mass is 309 g/mol. The van der Waals surface area contributed by atoms with Crippen molar-refractivity contribution in [2.24, 2.45) is 18.0 Å². The maximum absolute atomic E-state index is 9.15. The molecule has 0 radical (unpaired) electrons. The molecule has 126 valence electrons. The molecule has 1 atom stereocenters. The Balaban J connectivity index is 2.66. The van der Waals surface area contributed by atoms with Crippen molar-refractivity contribution in [3.63, 3.8) is 0 Å². The van der Waals surface area contributed by atoms with E-state index in [1.54, 1.807) is 0 Å². The molecule has 0 aliphatic heterocycles. The summed E-state index contributed by atoms with van der Waals surface area (Å²) in [5, 5.41) is 16.7. The van der Waals surface area contributed by atoms with Gasteiger partial charge in [-0.25, -0.2) is 0 Å². The summed E-state index contributed by atoms with van der Waals surface area (Å²) in [6.45, 7) is 6.86. The molecule has 1 rings (SSSR count). The van der Waals surface area contributed by atoms with Crippen LogP contribution in [0.15, 0.2) is 17.4 Å². The molecule has 0 fully saturated rings. The lowest BCUT2D eigenvalue weighted by atomic mass is 10.0. The first-order valence-electron chi connectivity index (χ1n) is 8.18. The van der Waals surface area contributed by atoms with Crippen molar-refractivity contribution in [3.05, 3.63) is 18.0 Å². The second-order valence-corrected chi connectivity index (χ2v) is 5.74. The molecule has 0 aromatic carbocycles. The Hall–Kier alpha value is -1.56. The molecular weight excluding hydrogens is 278 g/mol. The van der Waals surface area contributed by atoms with Gasteiger partial charge in [-0.15, -0.1) is 0 Å². The van der Waals surface area contributed by atoms with Crippen LogP contribution in [0.5, 0.6) is 0 Å². The van der Waals surface area contributed by atoms with E-state index in [0.29, 0.717) is 5.92 Å². The SMILES string of the molecule is CCCC(CCO)CN=C(NCC)N(C)Cc1cnn(C)c1. The van der Waals surface area contributed by atoms with Gasteiger partial charge in [0, 0.05) is 52.1 Å². The topological polar surface area (TPSA) is 65.7 Å². The summed E-state index contributed by atoms with van der Waals surface area (Å²) in [5.74, 6) is 1.36. The van der Waals surface area contributed by atoms with Crippen LogP contribution in [-0.4, -0.2) is 52.5 Å². The molecule has 0 bridgehead atoms. The summed E-state index contributed by atoms with van der Waals surface area (Å²) in [6, 6.07) is 0. The van der Waals surface area contributed by atoms with E-state index < -0.39 is 0 Å². The summed E-state index contributed by atoms with van der Waals surface area (Å²) >= 11 is 0. The number of nitrogens with zero attached hydrogens (tertiary/aromatic N) is 4. The molecule has 0 aliphatic carbocycles. The molecule has 6 heteroatoms. The number of hydrogen-bond acceptors (Lipinski definition) is 3. The Bertz CT molecular complexity index is 437. The molecule has 0 saturated carbocycles. The van der Waals surface area contributed by atoms with E-state index in [1.165, 1.54) is 0 Å². The number of aromatic nitrogens is 2. The lowest BCUT2D eigenvalue weighted by molar-refractivity contribution is 0.253. The molecule has 22 heavy (non-hydrogen) atoms. The predicted octanol–water partition coefficient (Wildman–Crippen LogP) is 1.62. The van der Waals surface area contributed by atoms with Gasteiger partial charge in [-0.2, -0.15) is 5.10 Å². The van der Waals surface area contributed by atoms with Crippen molar-refractivity contribution in [2.45, 2.75) is 39.7 Å². The van der Waals surface area contributed by atoms with Gasteiger partial charge in [0.05, 0.1) is 6.20 Å². The van der Waals surface area contributed by atoms with E-state index in [2.05, 4.69) is 29.2 Å². The third kappa shape index (κ3) is 6.47. The average Bonchev–Trinajstić information content (AvgIpc) is 2.88. The van der Waals surface area contributed by atoms with Gasteiger partial charge < -0.3 is 15.3 Å². The molecule has 0 amide bonds. The smallest absolute Gasteiger partial charge is 0.193 e. The van der Waals surface area contributed by atoms with E-state index in [9.17, 15) is 0 Å². The Kier molecular flexibility index (Phi) is 8.58. The van der Waals surface area contributed by atoms with Crippen molar-refractivity contribution < 1.29 is 5.11 Å². The summed E-state index contributed by atoms with van der Waals surface area (Å²) in [4.78, 5) is 6.86. The van der Waals surface area contributed by atoms with Crippen molar-refractivity contribution in [1.29, 1.82) is 0 Å². The van der Waals surface area contributed by atoms with Crippen LogP contribution in [0.4, 0.5) is 0 Å². The number of nitrogens with one attached hydrogen (secondary N) is 1. The zero-order chi connectivity index (χ0) is 16.4. The summed E-state index contributed by atoms with van der Waals surface area (Å²) in [5.41, 5.74) is 1.16. The highest BCUT2D eigenvalue weighted by atomic mass is 16.3. The van der Waals surface area contributed by atoms with Crippen LogP contribution in [0.25, 0.3) is 0 Å². The Morgan fingerprint density at radius 3 is 2.77 bits per heavy atom. The van der Waals surface area contributed by atoms with Gasteiger partial charge in [0.1, 0.15) is 0 Å². The van der Waals surface area contributed by atoms with Gasteiger partial charge in [0.2, 0.25) is 0 Å². The number of aliphatic hydroxyl groups excluding tert-OH is 1. The van der Waals surface area contributed by atoms with E-state index in [4.69, 9.17) is 10.1 Å². The fraction of sp³-hybridized carbons (Fsp3) is 0.750. The molecule has 1 unspecified atom stereocenters. The van der Waals surface area contributed by atoms with Crippen molar-refractivity contribution in [1.82, 2.24) is 20.0 Å². The largest absolute Gasteiger partial charge is 0.396 e. The molecular formula is C16H31N5O. The van der Waals surface area contributed by atoms with Crippen molar-refractivity contribution in [2.75, 3.05) is 26.7 Å². The Labute approximate surface area is 134 Å². The van der Waals surface area contributed by atoms with Crippen LogP contribution in [0.2, 0.25) is 0 Å². The maximum atomic E-state index is 9.15. The average molecular weight is 309 g/mol. The number of aliphatic hydroxyl groups is 1. The van der Waals surface area contributed by atoms with Gasteiger partial charge in [0.15, 0.2) is 5.96 Å². The molecule has 0 saturated heterocycles. The molecule has 0 spiro atoms. The molecule has 0 aliphatic rings. The van der Waals surface area contributed by atoms with Crippen LogP contribution in [0.3, 0.4) is 0 Å². The number of aryl methyl sites for hydroxylation is 1. The molecule has 1 aromatic heterocycles. The first-order valence-corrected chi connectivity index (χ1v) is 8.18. The standard InChI is InChI=1S/C16H31N5O/c1-5-7-14(8-9-22)10-18-16(17-6-2)20(3)12-15-11-19-21(4)13-15/h11,13-14,22H,5-10,12H2,1-4H3,(H,17,18). The van der Waals surface area contributed by atoms with Gasteiger partial charge in [-0.3, -0.25) is 9.67 Å². The fourth-order valence-corrected chi connectivity index (χ4v) is 2.51. The van der Waals surface area contributed by atoms with Gasteiger partial charge in [-0.1, -0.05) is 13.3 Å². The van der Waals surface area contributed by atoms with Crippen LogP contribution >= 0.6 is 0 Å². The minimum absolute atomic E-state index is 0.238. The fourth-order valence-electron chi connectivity index (χ4n) is 2.51. The number of aliphatic imine (C=N–C) groups is 1. The van der Waals surface area contributed by atoms with Crippen LogP contribution in [0.1, 0.15) is 38.7 Å². The zero-order valence-electron chi connectivity index (χ0n) is 14.4. The first-order chi connectivity index (χ1) is 10.6. The highest BCUT2D eigenvalue weighted by Gasteiger charge is 2.10. The molecule has 1 aromatic rings. The molecule has 6 nitrogen and oxygen atoms in total. The normalized spacial score (nSPS) is 13.2. The quantitative estimate of drug-likeness (QED) is 0.537. The lowest BCUT2D eigenvalue weighted by Crippen LogP contribution is -2.38. The highest BCUT2D eigenvalue weighted by Crippen LogP contribution is 2.11. The van der Waals surface area contributed by atoms with E-state index in [0.717, 1.165) is 50.4 Å². The van der Waals surface area contributed by atoms with Crippen LogP contribution < -0.4 is 5.32 Å². The number of rotatable bonds is 9. The zero-order valence-corrected chi connectivity index (χ0v) is 14.4. The summed E-state index contributed by atoms with van der Waals surface area (Å²) < 4.78 is 1.81. The molecule has 2 N–H and O–H groups in total. The van der Waals surface area contributed by atoms with Gasteiger partial charge in [-0.05, 0) is 25.7 Å². The summed E-state index contributed by atoms with van der Waals surface area (Å²) in [7, 11) is 3.96. The Morgan fingerprint density at radius 1 is 1.45 bits per heavy atom. The van der Waals surface area contributed by atoms with Crippen molar-refractivity contribution >= 4 is 5.96 Å². The van der Waals surface area contributed by atoms with E-state index >= 15 is 0 Å². The molecule has 1 heterocycles. The number of hydrogen-bond donors (Lipinski definition) is 2. The van der Waals surface area contributed by atoms with Crippen LogP contribution in [0, 0.1) is 5.92 Å². The second kappa shape index (κ2) is 10.2. The van der Waals surface area contributed by atoms with Gasteiger partial charge in [0.25, 0.3) is 0 Å². The summed E-state index contributed by atoms with van der Waals surface area (Å²) in [6.07, 6.45) is 6.96.